The Balaban J connectivity index is 2.06. The van der Waals surface area contributed by atoms with E-state index in [0.29, 0.717) is 16.9 Å². The number of benzene rings is 2. The number of nitrogens with one attached hydrogen (secondary N) is 2. The Kier molecular flexibility index (Phi) is 3.77. The highest BCUT2D eigenvalue weighted by Gasteiger charge is 2.13. The van der Waals surface area contributed by atoms with Gasteiger partial charge in [-0.2, -0.15) is 5.26 Å². The molecule has 3 rings (SSSR count). The summed E-state index contributed by atoms with van der Waals surface area (Å²) in [7, 11) is 0. The minimum Gasteiger partial charge on any atom is -0.508 e. The van der Waals surface area contributed by atoms with Crippen LogP contribution >= 0.6 is 0 Å². The Hall–Kier alpha value is -3.59. The zero-order valence-electron chi connectivity index (χ0n) is 11.9. The lowest BCUT2D eigenvalue weighted by Crippen LogP contribution is -2.16. The monoisotopic (exact) mass is 304 g/mol. The van der Waals surface area contributed by atoms with Crippen LogP contribution in [0.15, 0.2) is 59.4 Å². The number of aromatic hydroxyl groups is 1. The molecule has 0 atom stereocenters. The molecule has 2 aromatic carbocycles. The smallest absolute Gasteiger partial charge is 0.270 e. The number of hydrogen-bond donors (Lipinski definition) is 3. The second-order valence-corrected chi connectivity index (χ2v) is 4.79. The number of aromatic nitrogens is 2. The summed E-state index contributed by atoms with van der Waals surface area (Å²) in [6.45, 7) is 0. The molecule has 112 valence electrons. The first kappa shape index (κ1) is 14.4. The SMILES string of the molecule is N#Cc1c(-c2ccccc2)nc(Nc2ccc(O)cc2)[nH]c1=O. The zero-order valence-corrected chi connectivity index (χ0v) is 11.9. The molecule has 1 aromatic heterocycles. The van der Waals surface area contributed by atoms with Gasteiger partial charge in [-0.1, -0.05) is 30.3 Å². The molecule has 0 unspecified atom stereocenters. The van der Waals surface area contributed by atoms with Crippen LogP contribution in [-0.2, 0) is 0 Å². The predicted molar refractivity (Wildman–Crippen MR) is 86.4 cm³/mol. The van der Waals surface area contributed by atoms with Crippen LogP contribution in [0.1, 0.15) is 5.56 Å². The molecule has 0 saturated carbocycles. The normalized spacial score (nSPS) is 10.0. The van der Waals surface area contributed by atoms with Gasteiger partial charge in [-0.05, 0) is 24.3 Å². The van der Waals surface area contributed by atoms with Crippen LogP contribution in [0.5, 0.6) is 5.75 Å². The van der Waals surface area contributed by atoms with E-state index < -0.39 is 5.56 Å². The summed E-state index contributed by atoms with van der Waals surface area (Å²) in [5, 5.41) is 21.5. The molecule has 3 N–H and O–H groups in total. The van der Waals surface area contributed by atoms with Crippen LogP contribution in [0.25, 0.3) is 11.3 Å². The van der Waals surface area contributed by atoms with Crippen LogP contribution in [-0.4, -0.2) is 15.1 Å². The molecule has 0 radical (unpaired) electrons. The van der Waals surface area contributed by atoms with Crippen molar-refractivity contribution >= 4 is 11.6 Å². The van der Waals surface area contributed by atoms with Crippen LogP contribution in [0.4, 0.5) is 11.6 Å². The molecule has 0 saturated heterocycles. The minimum atomic E-state index is -0.511. The van der Waals surface area contributed by atoms with Gasteiger partial charge in [0.25, 0.3) is 5.56 Å². The van der Waals surface area contributed by atoms with Crippen molar-refractivity contribution < 1.29 is 5.11 Å². The van der Waals surface area contributed by atoms with Crippen LogP contribution in [0.3, 0.4) is 0 Å². The molecule has 6 nitrogen and oxygen atoms in total. The molecular weight excluding hydrogens is 292 g/mol. The third kappa shape index (κ3) is 3.04. The third-order valence-electron chi connectivity index (χ3n) is 3.21. The number of rotatable bonds is 3. The fourth-order valence-corrected chi connectivity index (χ4v) is 2.12. The fourth-order valence-electron chi connectivity index (χ4n) is 2.12. The molecule has 23 heavy (non-hydrogen) atoms. The molecule has 0 aliphatic heterocycles. The summed E-state index contributed by atoms with van der Waals surface area (Å²) in [5.74, 6) is 0.361. The van der Waals surface area contributed by atoms with Gasteiger partial charge in [0, 0.05) is 11.3 Å². The molecule has 0 bridgehead atoms. The van der Waals surface area contributed by atoms with Crippen molar-refractivity contribution in [3.8, 4) is 23.1 Å². The standard InChI is InChI=1S/C17H12N4O2/c18-10-14-15(11-4-2-1-3-5-11)20-17(21-16(14)23)19-12-6-8-13(22)9-7-12/h1-9,22H,(H2,19,20,21,23). The van der Waals surface area contributed by atoms with Gasteiger partial charge in [-0.15, -0.1) is 0 Å². The average Bonchev–Trinajstić information content (AvgIpc) is 2.57. The van der Waals surface area contributed by atoms with Gasteiger partial charge in [0.1, 0.15) is 17.4 Å². The number of hydrogen-bond acceptors (Lipinski definition) is 5. The quantitative estimate of drug-likeness (QED) is 0.646. The highest BCUT2D eigenvalue weighted by molar-refractivity contribution is 5.68. The van der Waals surface area contributed by atoms with E-state index >= 15 is 0 Å². The summed E-state index contributed by atoms with van der Waals surface area (Å²) in [5.41, 5.74) is 1.10. The average molecular weight is 304 g/mol. The van der Waals surface area contributed by atoms with Crippen molar-refractivity contribution in [2.45, 2.75) is 0 Å². The Morgan fingerprint density at radius 1 is 1.09 bits per heavy atom. The van der Waals surface area contributed by atoms with Gasteiger partial charge in [0.05, 0.1) is 5.69 Å². The minimum absolute atomic E-state index is 0.0348. The molecule has 0 aliphatic rings. The summed E-state index contributed by atoms with van der Waals surface area (Å²) in [4.78, 5) is 19.0. The van der Waals surface area contributed by atoms with E-state index in [2.05, 4.69) is 15.3 Å². The first-order valence-electron chi connectivity index (χ1n) is 6.83. The molecule has 0 fully saturated rings. The molecular formula is C17H12N4O2. The van der Waals surface area contributed by atoms with Crippen LogP contribution < -0.4 is 10.9 Å². The van der Waals surface area contributed by atoms with Crippen molar-refractivity contribution in [3.05, 3.63) is 70.5 Å². The lowest BCUT2D eigenvalue weighted by molar-refractivity contribution is 0.475. The van der Waals surface area contributed by atoms with E-state index in [-0.39, 0.29) is 17.3 Å². The second kappa shape index (κ2) is 6.03. The largest absolute Gasteiger partial charge is 0.508 e. The Bertz CT molecular complexity index is 926. The van der Waals surface area contributed by atoms with Crippen molar-refractivity contribution in [2.75, 3.05) is 5.32 Å². The molecule has 1 heterocycles. The van der Waals surface area contributed by atoms with Crippen LogP contribution in [0.2, 0.25) is 0 Å². The Morgan fingerprint density at radius 2 is 1.78 bits per heavy atom. The molecule has 0 aliphatic carbocycles. The third-order valence-corrected chi connectivity index (χ3v) is 3.21. The van der Waals surface area contributed by atoms with E-state index in [1.807, 2.05) is 24.3 Å². The number of nitrogens with zero attached hydrogens (tertiary/aromatic N) is 2. The van der Waals surface area contributed by atoms with Crippen molar-refractivity contribution in [2.24, 2.45) is 0 Å². The van der Waals surface area contributed by atoms with Gasteiger partial charge in [0.2, 0.25) is 5.95 Å². The maximum atomic E-state index is 12.1. The lowest BCUT2D eigenvalue weighted by Gasteiger charge is -2.09. The number of aromatic amines is 1. The fraction of sp³-hybridized carbons (Fsp3) is 0. The maximum Gasteiger partial charge on any atom is 0.270 e. The van der Waals surface area contributed by atoms with Gasteiger partial charge in [0.15, 0.2) is 0 Å². The number of nitriles is 1. The first-order chi connectivity index (χ1) is 11.2. The lowest BCUT2D eigenvalue weighted by atomic mass is 10.1. The first-order valence-corrected chi connectivity index (χ1v) is 6.83. The van der Waals surface area contributed by atoms with E-state index in [1.165, 1.54) is 12.1 Å². The van der Waals surface area contributed by atoms with Gasteiger partial charge >= 0.3 is 0 Å². The summed E-state index contributed by atoms with van der Waals surface area (Å²) in [6, 6.07) is 17.3. The van der Waals surface area contributed by atoms with Crippen molar-refractivity contribution in [3.63, 3.8) is 0 Å². The van der Waals surface area contributed by atoms with Crippen molar-refractivity contribution in [1.29, 1.82) is 5.26 Å². The van der Waals surface area contributed by atoms with E-state index in [4.69, 9.17) is 0 Å². The molecule has 3 aromatic rings. The van der Waals surface area contributed by atoms with Gasteiger partial charge in [-0.25, -0.2) is 4.98 Å². The number of anilines is 2. The summed E-state index contributed by atoms with van der Waals surface area (Å²) < 4.78 is 0. The number of phenolic OH excluding ortho intramolecular Hbond substituents is 1. The summed E-state index contributed by atoms with van der Waals surface area (Å²) in [6.07, 6.45) is 0. The van der Waals surface area contributed by atoms with Crippen molar-refractivity contribution in [1.82, 2.24) is 9.97 Å². The topological polar surface area (TPSA) is 102 Å². The highest BCUT2D eigenvalue weighted by atomic mass is 16.3. The number of H-pyrrole nitrogens is 1. The molecule has 0 amide bonds. The van der Waals surface area contributed by atoms with E-state index in [9.17, 15) is 15.2 Å². The van der Waals surface area contributed by atoms with Gasteiger partial charge in [-0.3, -0.25) is 9.78 Å². The van der Waals surface area contributed by atoms with E-state index in [0.717, 1.165) is 0 Å². The Morgan fingerprint density at radius 3 is 2.43 bits per heavy atom. The highest BCUT2D eigenvalue weighted by Crippen LogP contribution is 2.21. The Labute approximate surface area is 131 Å². The summed E-state index contributed by atoms with van der Waals surface area (Å²) >= 11 is 0. The molecule has 0 spiro atoms. The molecule has 6 heteroatoms. The van der Waals surface area contributed by atoms with Gasteiger partial charge < -0.3 is 10.4 Å². The van der Waals surface area contributed by atoms with Crippen LogP contribution in [0, 0.1) is 11.3 Å². The predicted octanol–water partition coefficient (Wildman–Crippen LogP) is 2.76. The number of phenols is 1. The van der Waals surface area contributed by atoms with E-state index in [1.54, 1.807) is 24.3 Å². The maximum absolute atomic E-state index is 12.1. The zero-order chi connectivity index (χ0) is 16.2. The second-order valence-electron chi connectivity index (χ2n) is 4.79.